The summed E-state index contributed by atoms with van der Waals surface area (Å²) in [6, 6.07) is 4.07. The molecule has 0 bridgehead atoms. The quantitative estimate of drug-likeness (QED) is 0.743. The molecule has 0 amide bonds. The van der Waals surface area contributed by atoms with E-state index >= 15 is 0 Å². The summed E-state index contributed by atoms with van der Waals surface area (Å²) in [7, 11) is 0. The van der Waals surface area contributed by atoms with Crippen LogP contribution in [0, 0.1) is 11.6 Å². The van der Waals surface area contributed by atoms with E-state index in [9.17, 15) is 8.78 Å². The first-order valence-corrected chi connectivity index (χ1v) is 5.91. The number of rotatable bonds is 7. The standard InChI is InChI=1S/C13H19F2NO/c1-10(2)16-7-3-4-8-17-11-5-6-12(14)13(15)9-11/h5-6,9-10,16H,3-4,7-8H2,1-2H3. The Morgan fingerprint density at radius 3 is 2.59 bits per heavy atom. The predicted octanol–water partition coefficient (Wildman–Crippen LogP) is 3.12. The molecule has 0 heterocycles. The molecule has 1 aromatic rings. The van der Waals surface area contributed by atoms with Crippen molar-refractivity contribution < 1.29 is 13.5 Å². The fraction of sp³-hybridized carbons (Fsp3) is 0.538. The zero-order chi connectivity index (χ0) is 12.7. The van der Waals surface area contributed by atoms with Crippen LogP contribution in [0.15, 0.2) is 18.2 Å². The number of ether oxygens (including phenoxy) is 1. The number of nitrogens with one attached hydrogen (secondary N) is 1. The van der Waals surface area contributed by atoms with Crippen molar-refractivity contribution in [1.29, 1.82) is 0 Å². The van der Waals surface area contributed by atoms with Crippen molar-refractivity contribution in [1.82, 2.24) is 5.32 Å². The molecular formula is C13H19F2NO. The van der Waals surface area contributed by atoms with E-state index in [-0.39, 0.29) is 0 Å². The summed E-state index contributed by atoms with van der Waals surface area (Å²) < 4.78 is 30.8. The molecule has 0 aliphatic carbocycles. The number of hydrogen-bond acceptors (Lipinski definition) is 2. The average Bonchev–Trinajstić information content (AvgIpc) is 2.27. The number of benzene rings is 1. The monoisotopic (exact) mass is 243 g/mol. The lowest BCUT2D eigenvalue weighted by atomic mass is 10.3. The first kappa shape index (κ1) is 13.9. The molecular weight excluding hydrogens is 224 g/mol. The minimum atomic E-state index is -0.871. The molecule has 0 aromatic heterocycles. The van der Waals surface area contributed by atoms with E-state index in [4.69, 9.17) is 4.74 Å². The van der Waals surface area contributed by atoms with Gasteiger partial charge in [-0.2, -0.15) is 0 Å². The van der Waals surface area contributed by atoms with Crippen molar-refractivity contribution >= 4 is 0 Å². The lowest BCUT2D eigenvalue weighted by Crippen LogP contribution is -2.23. The van der Waals surface area contributed by atoms with Crippen LogP contribution in [0.2, 0.25) is 0 Å². The van der Waals surface area contributed by atoms with Gasteiger partial charge >= 0.3 is 0 Å². The van der Waals surface area contributed by atoms with Gasteiger partial charge in [-0.3, -0.25) is 0 Å². The highest BCUT2D eigenvalue weighted by Crippen LogP contribution is 2.15. The third-order valence-corrected chi connectivity index (χ3v) is 2.28. The van der Waals surface area contributed by atoms with Crippen molar-refractivity contribution in [2.24, 2.45) is 0 Å². The van der Waals surface area contributed by atoms with Gasteiger partial charge in [-0.15, -0.1) is 0 Å². The Balaban J connectivity index is 2.16. The van der Waals surface area contributed by atoms with Crippen LogP contribution in [0.5, 0.6) is 5.75 Å². The summed E-state index contributed by atoms with van der Waals surface area (Å²) in [6.45, 7) is 5.65. The molecule has 2 nitrogen and oxygen atoms in total. The molecule has 0 fully saturated rings. The van der Waals surface area contributed by atoms with Gasteiger partial charge in [-0.05, 0) is 31.5 Å². The van der Waals surface area contributed by atoms with Gasteiger partial charge in [0.1, 0.15) is 5.75 Å². The van der Waals surface area contributed by atoms with Gasteiger partial charge in [0.15, 0.2) is 11.6 Å². The summed E-state index contributed by atoms with van der Waals surface area (Å²) in [5.41, 5.74) is 0. The Morgan fingerprint density at radius 2 is 1.94 bits per heavy atom. The molecule has 1 rings (SSSR count). The Labute approximate surface area is 101 Å². The van der Waals surface area contributed by atoms with Crippen LogP contribution in [-0.2, 0) is 0 Å². The first-order valence-electron chi connectivity index (χ1n) is 5.91. The van der Waals surface area contributed by atoms with E-state index in [0.717, 1.165) is 31.5 Å². The van der Waals surface area contributed by atoms with Crippen LogP contribution in [0.3, 0.4) is 0 Å². The minimum Gasteiger partial charge on any atom is -0.493 e. The van der Waals surface area contributed by atoms with Gasteiger partial charge in [-0.1, -0.05) is 13.8 Å². The fourth-order valence-corrected chi connectivity index (χ4v) is 1.37. The summed E-state index contributed by atoms with van der Waals surface area (Å²) in [5, 5.41) is 3.30. The Hall–Kier alpha value is -1.16. The Kier molecular flexibility index (Phi) is 5.91. The van der Waals surface area contributed by atoms with Crippen LogP contribution in [-0.4, -0.2) is 19.2 Å². The van der Waals surface area contributed by atoms with E-state index in [1.165, 1.54) is 6.07 Å². The van der Waals surface area contributed by atoms with Crippen LogP contribution >= 0.6 is 0 Å². The SMILES string of the molecule is CC(C)NCCCCOc1ccc(F)c(F)c1. The van der Waals surface area contributed by atoms with E-state index in [0.29, 0.717) is 18.4 Å². The number of unbranched alkanes of at least 4 members (excludes halogenated alkanes) is 1. The predicted molar refractivity (Wildman–Crippen MR) is 64.2 cm³/mol. The van der Waals surface area contributed by atoms with E-state index < -0.39 is 11.6 Å². The minimum absolute atomic E-state index is 0.376. The van der Waals surface area contributed by atoms with Crippen LogP contribution in [0.1, 0.15) is 26.7 Å². The van der Waals surface area contributed by atoms with Gasteiger partial charge in [0.2, 0.25) is 0 Å². The van der Waals surface area contributed by atoms with Crippen molar-refractivity contribution in [3.63, 3.8) is 0 Å². The molecule has 0 saturated carbocycles. The molecule has 0 aliphatic heterocycles. The average molecular weight is 243 g/mol. The summed E-state index contributed by atoms with van der Waals surface area (Å²) in [5.74, 6) is -1.34. The zero-order valence-electron chi connectivity index (χ0n) is 10.3. The molecule has 4 heteroatoms. The van der Waals surface area contributed by atoms with Gasteiger partial charge in [0, 0.05) is 12.1 Å². The fourth-order valence-electron chi connectivity index (χ4n) is 1.37. The Morgan fingerprint density at radius 1 is 1.18 bits per heavy atom. The van der Waals surface area contributed by atoms with Crippen molar-refractivity contribution in [2.75, 3.05) is 13.2 Å². The first-order chi connectivity index (χ1) is 8.09. The maximum atomic E-state index is 12.8. The van der Waals surface area contributed by atoms with Crippen molar-refractivity contribution in [2.45, 2.75) is 32.7 Å². The summed E-state index contributed by atoms with van der Waals surface area (Å²) in [6.07, 6.45) is 1.89. The maximum Gasteiger partial charge on any atom is 0.162 e. The lowest BCUT2D eigenvalue weighted by molar-refractivity contribution is 0.302. The van der Waals surface area contributed by atoms with Crippen molar-refractivity contribution in [3.05, 3.63) is 29.8 Å². The molecule has 0 aliphatic rings. The summed E-state index contributed by atoms with van der Waals surface area (Å²) in [4.78, 5) is 0. The molecule has 0 unspecified atom stereocenters. The third kappa shape index (κ3) is 5.63. The van der Waals surface area contributed by atoms with E-state index in [1.54, 1.807) is 0 Å². The van der Waals surface area contributed by atoms with Gasteiger partial charge in [-0.25, -0.2) is 8.78 Å². The molecule has 0 radical (unpaired) electrons. The van der Waals surface area contributed by atoms with Gasteiger partial charge in [0.25, 0.3) is 0 Å². The smallest absolute Gasteiger partial charge is 0.162 e. The maximum absolute atomic E-state index is 12.8. The molecule has 1 aromatic carbocycles. The normalized spacial score (nSPS) is 10.9. The van der Waals surface area contributed by atoms with Gasteiger partial charge < -0.3 is 10.1 Å². The molecule has 96 valence electrons. The second kappa shape index (κ2) is 7.22. The molecule has 1 N–H and O–H groups in total. The van der Waals surface area contributed by atoms with Crippen molar-refractivity contribution in [3.8, 4) is 5.75 Å². The third-order valence-electron chi connectivity index (χ3n) is 2.28. The molecule has 0 spiro atoms. The highest BCUT2D eigenvalue weighted by Gasteiger charge is 2.02. The zero-order valence-corrected chi connectivity index (χ0v) is 10.3. The van der Waals surface area contributed by atoms with Crippen LogP contribution < -0.4 is 10.1 Å². The molecule has 0 atom stereocenters. The van der Waals surface area contributed by atoms with Gasteiger partial charge in [0.05, 0.1) is 6.61 Å². The number of halogens is 2. The number of hydrogen-bond donors (Lipinski definition) is 1. The summed E-state index contributed by atoms with van der Waals surface area (Å²) >= 11 is 0. The van der Waals surface area contributed by atoms with Crippen LogP contribution in [0.25, 0.3) is 0 Å². The Bertz CT molecular complexity index is 342. The van der Waals surface area contributed by atoms with E-state index in [2.05, 4.69) is 19.2 Å². The lowest BCUT2D eigenvalue weighted by Gasteiger charge is -2.08. The van der Waals surface area contributed by atoms with Crippen LogP contribution in [0.4, 0.5) is 8.78 Å². The highest BCUT2D eigenvalue weighted by atomic mass is 19.2. The second-order valence-electron chi connectivity index (χ2n) is 4.24. The molecule has 17 heavy (non-hydrogen) atoms. The largest absolute Gasteiger partial charge is 0.493 e. The van der Waals surface area contributed by atoms with E-state index in [1.807, 2.05) is 0 Å². The molecule has 0 saturated heterocycles. The topological polar surface area (TPSA) is 21.3 Å². The second-order valence-corrected chi connectivity index (χ2v) is 4.24. The highest BCUT2D eigenvalue weighted by molar-refractivity contribution is 5.23.